The van der Waals surface area contributed by atoms with E-state index in [-0.39, 0.29) is 24.8 Å². The van der Waals surface area contributed by atoms with Crippen molar-refractivity contribution in [3.05, 3.63) is 88.8 Å². The molecule has 2 aromatic heterocycles. The van der Waals surface area contributed by atoms with Crippen molar-refractivity contribution < 1.29 is 23.8 Å². The summed E-state index contributed by atoms with van der Waals surface area (Å²) in [4.78, 5) is 35.8. The van der Waals surface area contributed by atoms with Crippen molar-refractivity contribution in [3.63, 3.8) is 0 Å². The van der Waals surface area contributed by atoms with Gasteiger partial charge >= 0.3 is 0 Å². The maximum Gasteiger partial charge on any atom is 0.270 e. The molecule has 0 spiro atoms. The number of amides is 2. The fourth-order valence-electron chi connectivity index (χ4n) is 4.33. The fourth-order valence-corrected chi connectivity index (χ4v) is 4.33. The van der Waals surface area contributed by atoms with E-state index in [1.165, 1.54) is 17.2 Å². The number of nitrogens with one attached hydrogen (secondary N) is 1. The number of hydrogen-bond acceptors (Lipinski definition) is 6. The van der Waals surface area contributed by atoms with E-state index < -0.39 is 23.5 Å². The lowest BCUT2D eigenvalue weighted by molar-refractivity contribution is -0.140. The molecule has 1 saturated heterocycles. The monoisotopic (exact) mass is 500 g/mol. The Labute approximate surface area is 213 Å². The Kier molecular flexibility index (Phi) is 6.70. The summed E-state index contributed by atoms with van der Waals surface area (Å²) in [6.07, 6.45) is 2.86. The molecule has 9 heteroatoms. The largest absolute Gasteiger partial charge is 0.373 e. The number of likely N-dealkylation sites (N-methyl/N-ethyl adjacent to an activating group) is 1. The van der Waals surface area contributed by atoms with Crippen LogP contribution in [0.3, 0.4) is 0 Å². The number of nitrogens with zero attached hydrogens (tertiary/aromatic N) is 3. The minimum Gasteiger partial charge on any atom is -0.373 e. The van der Waals surface area contributed by atoms with Gasteiger partial charge in [-0.2, -0.15) is 4.39 Å². The first-order valence-corrected chi connectivity index (χ1v) is 11.9. The number of aromatic nitrogens is 2. The summed E-state index contributed by atoms with van der Waals surface area (Å²) in [6, 6.07) is 12.8. The SMILES string of the molecule is CN1C(=O)[C@@H](NC(=O)c2cc(Cc3cccc(F)n3)ccn2)CCc2ccc(C#CC3(O)COC3)cc21. The van der Waals surface area contributed by atoms with E-state index in [1.807, 2.05) is 18.2 Å². The molecule has 0 unspecified atom stereocenters. The summed E-state index contributed by atoms with van der Waals surface area (Å²) in [5, 5.41) is 13.0. The van der Waals surface area contributed by atoms with Gasteiger partial charge in [0.2, 0.25) is 11.9 Å². The lowest BCUT2D eigenvalue weighted by Gasteiger charge is -2.30. The first kappa shape index (κ1) is 24.6. The standard InChI is InChI=1S/C28H25FN4O4/c1-33-24-15-18(9-11-28(36)16-37-17-28)5-6-20(24)7-8-22(27(33)35)32-26(34)23-14-19(10-12-30-23)13-21-3-2-4-25(29)31-21/h2-6,10,12,14-15,22,36H,7-8,13,16-17H2,1H3,(H,32,34)/t22-/m0/s1. The highest BCUT2D eigenvalue weighted by Gasteiger charge is 2.34. The van der Waals surface area contributed by atoms with Gasteiger partial charge in [-0.25, -0.2) is 4.98 Å². The van der Waals surface area contributed by atoms with Crippen molar-refractivity contribution in [1.82, 2.24) is 15.3 Å². The van der Waals surface area contributed by atoms with Crippen LogP contribution in [0.2, 0.25) is 0 Å². The zero-order valence-electron chi connectivity index (χ0n) is 20.2. The molecule has 0 radical (unpaired) electrons. The number of halogens is 1. The molecule has 37 heavy (non-hydrogen) atoms. The number of aliphatic hydroxyl groups is 1. The minimum atomic E-state index is -1.12. The van der Waals surface area contributed by atoms with E-state index in [9.17, 15) is 19.1 Å². The molecule has 2 N–H and O–H groups in total. The van der Waals surface area contributed by atoms with Crippen LogP contribution < -0.4 is 10.2 Å². The predicted molar refractivity (Wildman–Crippen MR) is 133 cm³/mol. The number of anilines is 1. The molecule has 3 aromatic rings. The molecule has 2 aliphatic heterocycles. The molecule has 8 nitrogen and oxygen atoms in total. The van der Waals surface area contributed by atoms with E-state index in [1.54, 1.807) is 31.3 Å². The average Bonchev–Trinajstić information content (AvgIpc) is 2.98. The van der Waals surface area contributed by atoms with Crippen LogP contribution in [0.15, 0.2) is 54.7 Å². The summed E-state index contributed by atoms with van der Waals surface area (Å²) >= 11 is 0. The third-order valence-electron chi connectivity index (χ3n) is 6.42. The van der Waals surface area contributed by atoms with Crippen LogP contribution in [-0.4, -0.2) is 58.8 Å². The van der Waals surface area contributed by atoms with Gasteiger partial charge in [-0.15, -0.1) is 0 Å². The van der Waals surface area contributed by atoms with Gasteiger partial charge in [-0.3, -0.25) is 14.6 Å². The molecule has 1 fully saturated rings. The summed E-state index contributed by atoms with van der Waals surface area (Å²) in [7, 11) is 1.67. The summed E-state index contributed by atoms with van der Waals surface area (Å²) < 4.78 is 18.4. The van der Waals surface area contributed by atoms with Gasteiger partial charge < -0.3 is 20.1 Å². The molecule has 2 amide bonds. The molecule has 188 valence electrons. The highest BCUT2D eigenvalue weighted by molar-refractivity contribution is 6.02. The van der Waals surface area contributed by atoms with E-state index in [4.69, 9.17) is 4.74 Å². The summed E-state index contributed by atoms with van der Waals surface area (Å²) in [5.74, 6) is 4.51. The van der Waals surface area contributed by atoms with Crippen molar-refractivity contribution in [3.8, 4) is 11.8 Å². The van der Waals surface area contributed by atoms with Crippen LogP contribution >= 0.6 is 0 Å². The number of pyridine rings is 2. The highest BCUT2D eigenvalue weighted by Crippen LogP contribution is 2.27. The Balaban J connectivity index is 1.29. The maximum atomic E-state index is 13.4. The fraction of sp³-hybridized carbons (Fsp3) is 0.286. The number of aryl methyl sites for hydroxylation is 1. The Bertz CT molecular complexity index is 1430. The molecule has 0 bridgehead atoms. The number of carbonyl (C=O) groups is 2. The molecule has 1 aromatic carbocycles. The number of rotatable bonds is 4. The zero-order chi connectivity index (χ0) is 26.0. The van der Waals surface area contributed by atoms with Crippen molar-refractivity contribution in [2.45, 2.75) is 30.9 Å². The summed E-state index contributed by atoms with van der Waals surface area (Å²) in [6.45, 7) is 0.369. The van der Waals surface area contributed by atoms with Crippen LogP contribution in [0, 0.1) is 17.8 Å². The first-order valence-electron chi connectivity index (χ1n) is 11.9. The smallest absolute Gasteiger partial charge is 0.270 e. The van der Waals surface area contributed by atoms with Crippen LogP contribution in [0.4, 0.5) is 10.1 Å². The third-order valence-corrected chi connectivity index (χ3v) is 6.42. The minimum absolute atomic E-state index is 0.168. The molecule has 1 atom stereocenters. The molecule has 2 aliphatic rings. The van der Waals surface area contributed by atoms with E-state index in [0.29, 0.717) is 36.2 Å². The van der Waals surface area contributed by atoms with Crippen molar-refractivity contribution >= 4 is 17.5 Å². The Hall–Kier alpha value is -4.13. The number of hydrogen-bond donors (Lipinski definition) is 2. The topological polar surface area (TPSA) is 105 Å². The molecular formula is C28H25FN4O4. The van der Waals surface area contributed by atoms with Gasteiger partial charge in [-0.05, 0) is 60.4 Å². The average molecular weight is 501 g/mol. The molecular weight excluding hydrogens is 475 g/mol. The Morgan fingerprint density at radius 3 is 2.86 bits per heavy atom. The van der Waals surface area contributed by atoms with Crippen LogP contribution in [0.25, 0.3) is 0 Å². The lowest BCUT2D eigenvalue weighted by Crippen LogP contribution is -2.48. The molecule has 0 saturated carbocycles. The van der Waals surface area contributed by atoms with Gasteiger partial charge in [0.25, 0.3) is 5.91 Å². The Morgan fingerprint density at radius 1 is 1.27 bits per heavy atom. The lowest BCUT2D eigenvalue weighted by atomic mass is 10.0. The highest BCUT2D eigenvalue weighted by atomic mass is 19.1. The first-order chi connectivity index (χ1) is 17.8. The molecule has 4 heterocycles. The zero-order valence-corrected chi connectivity index (χ0v) is 20.2. The van der Waals surface area contributed by atoms with E-state index in [2.05, 4.69) is 27.1 Å². The quantitative estimate of drug-likeness (QED) is 0.420. The van der Waals surface area contributed by atoms with E-state index in [0.717, 1.165) is 11.1 Å². The second-order valence-electron chi connectivity index (χ2n) is 9.26. The van der Waals surface area contributed by atoms with Crippen LogP contribution in [0.1, 0.15) is 39.3 Å². The number of fused-ring (bicyclic) bond motifs is 1. The van der Waals surface area contributed by atoms with Crippen molar-refractivity contribution in [2.75, 3.05) is 25.2 Å². The summed E-state index contributed by atoms with van der Waals surface area (Å²) in [5.41, 5.74) is 2.69. The van der Waals surface area contributed by atoms with Gasteiger partial charge in [0.15, 0.2) is 5.60 Å². The van der Waals surface area contributed by atoms with Crippen molar-refractivity contribution in [2.24, 2.45) is 0 Å². The van der Waals surface area contributed by atoms with E-state index >= 15 is 0 Å². The molecule has 5 rings (SSSR count). The Morgan fingerprint density at radius 2 is 2.11 bits per heavy atom. The second-order valence-corrected chi connectivity index (χ2v) is 9.26. The number of carbonyl (C=O) groups excluding carboxylic acids is 2. The van der Waals surface area contributed by atoms with Gasteiger partial charge in [0, 0.05) is 36.6 Å². The van der Waals surface area contributed by atoms with Crippen molar-refractivity contribution in [1.29, 1.82) is 0 Å². The predicted octanol–water partition coefficient (Wildman–Crippen LogP) is 2.03. The van der Waals surface area contributed by atoms with Gasteiger partial charge in [-0.1, -0.05) is 24.0 Å². The molecule has 0 aliphatic carbocycles. The van der Waals surface area contributed by atoms with Gasteiger partial charge in [0.1, 0.15) is 11.7 Å². The number of benzene rings is 1. The third kappa shape index (κ3) is 5.50. The van der Waals surface area contributed by atoms with Crippen LogP contribution in [-0.2, 0) is 22.4 Å². The van der Waals surface area contributed by atoms with Gasteiger partial charge in [0.05, 0.1) is 13.2 Å². The second kappa shape index (κ2) is 10.1. The maximum absolute atomic E-state index is 13.4. The van der Waals surface area contributed by atoms with Crippen LogP contribution in [0.5, 0.6) is 0 Å². The number of ether oxygens (including phenoxy) is 1. The normalized spacial score (nSPS) is 18.1.